The monoisotopic (exact) mass is 269 g/mol. The maximum absolute atomic E-state index is 6.19. The standard InChI is InChI=1S/C13H11N5S/c14-11(9-4-2-1-3-5-9)13-18-17-12(19-13)10-6-7-15-16-8-10/h1-8,11H,14H2. The number of nitrogens with zero attached hydrogens (tertiary/aromatic N) is 4. The molecule has 3 aromatic rings. The van der Waals surface area contributed by atoms with Gasteiger partial charge in [-0.1, -0.05) is 41.7 Å². The highest BCUT2D eigenvalue weighted by molar-refractivity contribution is 7.14. The molecule has 0 spiro atoms. The number of aromatic nitrogens is 4. The lowest BCUT2D eigenvalue weighted by atomic mass is 10.1. The number of rotatable bonds is 3. The van der Waals surface area contributed by atoms with Crippen molar-refractivity contribution in [1.29, 1.82) is 0 Å². The van der Waals surface area contributed by atoms with Crippen molar-refractivity contribution in [1.82, 2.24) is 20.4 Å². The molecule has 19 heavy (non-hydrogen) atoms. The highest BCUT2D eigenvalue weighted by atomic mass is 32.1. The summed E-state index contributed by atoms with van der Waals surface area (Å²) in [5.74, 6) is 0. The number of hydrogen-bond donors (Lipinski definition) is 1. The van der Waals surface area contributed by atoms with E-state index in [-0.39, 0.29) is 6.04 Å². The van der Waals surface area contributed by atoms with Crippen LogP contribution in [-0.4, -0.2) is 20.4 Å². The lowest BCUT2D eigenvalue weighted by molar-refractivity contribution is 0.831. The summed E-state index contributed by atoms with van der Waals surface area (Å²) in [4.78, 5) is 0. The number of benzene rings is 1. The molecule has 0 saturated heterocycles. The summed E-state index contributed by atoms with van der Waals surface area (Å²) >= 11 is 1.47. The fourth-order valence-electron chi connectivity index (χ4n) is 1.70. The lowest BCUT2D eigenvalue weighted by Gasteiger charge is -2.06. The van der Waals surface area contributed by atoms with Gasteiger partial charge < -0.3 is 5.73 Å². The minimum absolute atomic E-state index is 0.248. The lowest BCUT2D eigenvalue weighted by Crippen LogP contribution is -2.11. The molecule has 2 aromatic heterocycles. The predicted molar refractivity (Wildman–Crippen MR) is 73.4 cm³/mol. The predicted octanol–water partition coefficient (Wildman–Crippen LogP) is 2.04. The van der Waals surface area contributed by atoms with Gasteiger partial charge in [0.15, 0.2) is 0 Å². The van der Waals surface area contributed by atoms with E-state index in [1.807, 2.05) is 36.4 Å². The number of hydrogen-bond acceptors (Lipinski definition) is 6. The summed E-state index contributed by atoms with van der Waals surface area (Å²) in [6.45, 7) is 0. The molecule has 2 heterocycles. The fraction of sp³-hybridized carbons (Fsp3) is 0.0769. The quantitative estimate of drug-likeness (QED) is 0.787. The van der Waals surface area contributed by atoms with Crippen molar-refractivity contribution < 1.29 is 0 Å². The normalized spacial score (nSPS) is 12.3. The Balaban J connectivity index is 1.90. The molecule has 1 unspecified atom stereocenters. The molecule has 2 N–H and O–H groups in total. The molecule has 0 amide bonds. The van der Waals surface area contributed by atoms with Gasteiger partial charge in [-0.25, -0.2) is 0 Å². The summed E-state index contributed by atoms with van der Waals surface area (Å²) in [6.07, 6.45) is 3.30. The van der Waals surface area contributed by atoms with Crippen LogP contribution in [0.1, 0.15) is 16.6 Å². The van der Waals surface area contributed by atoms with Crippen LogP contribution in [0.15, 0.2) is 48.8 Å². The van der Waals surface area contributed by atoms with E-state index in [9.17, 15) is 0 Å². The molecular weight excluding hydrogens is 258 g/mol. The van der Waals surface area contributed by atoms with Gasteiger partial charge in [-0.05, 0) is 11.6 Å². The van der Waals surface area contributed by atoms with E-state index < -0.39 is 0 Å². The Morgan fingerprint density at radius 2 is 1.84 bits per heavy atom. The van der Waals surface area contributed by atoms with Crippen LogP contribution in [0.4, 0.5) is 0 Å². The van der Waals surface area contributed by atoms with E-state index in [2.05, 4.69) is 20.4 Å². The minimum Gasteiger partial charge on any atom is -0.318 e. The Kier molecular flexibility index (Phi) is 3.26. The van der Waals surface area contributed by atoms with Crippen molar-refractivity contribution in [2.45, 2.75) is 6.04 Å². The van der Waals surface area contributed by atoms with Crippen molar-refractivity contribution in [3.05, 3.63) is 59.4 Å². The average molecular weight is 269 g/mol. The maximum Gasteiger partial charge on any atom is 0.149 e. The Morgan fingerprint density at radius 1 is 1.00 bits per heavy atom. The number of nitrogens with two attached hydrogens (primary N) is 1. The van der Waals surface area contributed by atoms with Gasteiger partial charge in [-0.3, -0.25) is 0 Å². The Hall–Kier alpha value is -2.18. The molecular formula is C13H11N5S. The second-order valence-corrected chi connectivity index (χ2v) is 4.97. The van der Waals surface area contributed by atoms with Crippen LogP contribution in [0.3, 0.4) is 0 Å². The zero-order valence-corrected chi connectivity index (χ0v) is 10.8. The summed E-state index contributed by atoms with van der Waals surface area (Å²) in [6, 6.07) is 11.5. The Morgan fingerprint density at radius 3 is 2.58 bits per heavy atom. The largest absolute Gasteiger partial charge is 0.318 e. The molecule has 0 fully saturated rings. The fourth-order valence-corrected chi connectivity index (χ4v) is 2.56. The zero-order valence-electron chi connectivity index (χ0n) is 9.97. The van der Waals surface area contributed by atoms with E-state index in [1.54, 1.807) is 12.4 Å². The Bertz CT molecular complexity index is 653. The van der Waals surface area contributed by atoms with Gasteiger partial charge >= 0.3 is 0 Å². The summed E-state index contributed by atoms with van der Waals surface area (Å²) in [5.41, 5.74) is 8.12. The van der Waals surface area contributed by atoms with Crippen LogP contribution >= 0.6 is 11.3 Å². The summed E-state index contributed by atoms with van der Waals surface area (Å²) < 4.78 is 0. The average Bonchev–Trinajstić information content (AvgIpc) is 2.98. The molecule has 0 aliphatic heterocycles. The van der Waals surface area contributed by atoms with Crippen LogP contribution in [-0.2, 0) is 0 Å². The molecule has 5 nitrogen and oxygen atoms in total. The van der Waals surface area contributed by atoms with E-state index in [0.29, 0.717) is 0 Å². The van der Waals surface area contributed by atoms with Crippen molar-refractivity contribution in [3.63, 3.8) is 0 Å². The molecule has 1 atom stereocenters. The van der Waals surface area contributed by atoms with Crippen molar-refractivity contribution >= 4 is 11.3 Å². The van der Waals surface area contributed by atoms with Gasteiger partial charge in [-0.15, -0.1) is 10.2 Å². The molecule has 0 saturated carbocycles. The SMILES string of the molecule is NC(c1ccccc1)c1nnc(-c2ccnnc2)s1. The molecule has 0 radical (unpaired) electrons. The molecule has 1 aromatic carbocycles. The third kappa shape index (κ3) is 2.49. The molecule has 3 rings (SSSR count). The first-order valence-corrected chi connectivity index (χ1v) is 6.57. The van der Waals surface area contributed by atoms with Gasteiger partial charge in [-0.2, -0.15) is 10.2 Å². The van der Waals surface area contributed by atoms with E-state index in [4.69, 9.17) is 5.73 Å². The minimum atomic E-state index is -0.248. The van der Waals surface area contributed by atoms with Gasteiger partial charge in [0, 0.05) is 5.56 Å². The topological polar surface area (TPSA) is 77.6 Å². The van der Waals surface area contributed by atoms with Crippen molar-refractivity contribution in [3.8, 4) is 10.6 Å². The highest BCUT2D eigenvalue weighted by Gasteiger charge is 2.15. The van der Waals surface area contributed by atoms with Gasteiger partial charge in [0.2, 0.25) is 0 Å². The van der Waals surface area contributed by atoms with Crippen LogP contribution in [0.5, 0.6) is 0 Å². The Labute approximate surface area is 114 Å². The van der Waals surface area contributed by atoms with Crippen LogP contribution in [0.2, 0.25) is 0 Å². The zero-order chi connectivity index (χ0) is 13.1. The van der Waals surface area contributed by atoms with Crippen molar-refractivity contribution in [2.75, 3.05) is 0 Å². The van der Waals surface area contributed by atoms with Crippen LogP contribution < -0.4 is 5.73 Å². The van der Waals surface area contributed by atoms with Crippen LogP contribution in [0.25, 0.3) is 10.6 Å². The van der Waals surface area contributed by atoms with E-state index in [0.717, 1.165) is 21.1 Å². The van der Waals surface area contributed by atoms with Gasteiger partial charge in [0.05, 0.1) is 18.4 Å². The molecule has 94 valence electrons. The second-order valence-electron chi connectivity index (χ2n) is 3.96. The summed E-state index contributed by atoms with van der Waals surface area (Å²) in [7, 11) is 0. The summed E-state index contributed by atoms with van der Waals surface area (Å²) in [5, 5.41) is 17.5. The van der Waals surface area contributed by atoms with E-state index in [1.165, 1.54) is 11.3 Å². The second kappa shape index (κ2) is 5.21. The molecule has 6 heteroatoms. The van der Waals surface area contributed by atoms with Gasteiger partial charge in [0.25, 0.3) is 0 Å². The first kappa shape index (κ1) is 11.9. The van der Waals surface area contributed by atoms with Gasteiger partial charge in [0.1, 0.15) is 10.0 Å². The molecule has 0 bridgehead atoms. The van der Waals surface area contributed by atoms with Crippen LogP contribution in [0, 0.1) is 0 Å². The van der Waals surface area contributed by atoms with Crippen molar-refractivity contribution in [2.24, 2.45) is 5.73 Å². The first-order chi connectivity index (χ1) is 9.34. The molecule has 0 aliphatic rings. The third-order valence-corrected chi connectivity index (χ3v) is 3.75. The van der Waals surface area contributed by atoms with E-state index >= 15 is 0 Å². The third-order valence-electron chi connectivity index (χ3n) is 2.70. The molecule has 0 aliphatic carbocycles. The highest BCUT2D eigenvalue weighted by Crippen LogP contribution is 2.27. The smallest absolute Gasteiger partial charge is 0.149 e. The maximum atomic E-state index is 6.19. The first-order valence-electron chi connectivity index (χ1n) is 5.75.